The van der Waals surface area contributed by atoms with Gasteiger partial charge in [0.25, 0.3) is 0 Å². The Bertz CT molecular complexity index is 549. The highest BCUT2D eigenvalue weighted by molar-refractivity contribution is 6.04. The van der Waals surface area contributed by atoms with Crippen LogP contribution in [0.2, 0.25) is 0 Å². The fourth-order valence-corrected chi connectivity index (χ4v) is 1.81. The Kier molecular flexibility index (Phi) is 4.31. The minimum atomic E-state index is 0.443. The highest BCUT2D eigenvalue weighted by atomic mass is 16.6. The summed E-state index contributed by atoms with van der Waals surface area (Å²) in [4.78, 5) is 5.12. The van der Waals surface area contributed by atoms with Crippen molar-refractivity contribution in [3.63, 3.8) is 0 Å². The van der Waals surface area contributed by atoms with Crippen molar-refractivity contribution < 1.29 is 9.57 Å². The first-order valence-corrected chi connectivity index (χ1v) is 6.02. The predicted molar refractivity (Wildman–Crippen MR) is 74.0 cm³/mol. The molecule has 0 aromatic heterocycles. The quantitative estimate of drug-likeness (QED) is 0.596. The summed E-state index contributed by atoms with van der Waals surface area (Å²) < 4.78 is 5.16. The van der Waals surface area contributed by atoms with Gasteiger partial charge in [0, 0.05) is 12.7 Å². The molecule has 2 rings (SSSR count). The van der Waals surface area contributed by atoms with Gasteiger partial charge in [-0.1, -0.05) is 41.6 Å². The fraction of sp³-hybridized carbons (Fsp3) is 0.267. The van der Waals surface area contributed by atoms with Gasteiger partial charge in [0.2, 0.25) is 0 Å². The van der Waals surface area contributed by atoms with E-state index in [2.05, 4.69) is 29.4 Å². The van der Waals surface area contributed by atoms with Crippen molar-refractivity contribution in [2.45, 2.75) is 6.92 Å². The van der Waals surface area contributed by atoms with E-state index >= 15 is 0 Å². The summed E-state index contributed by atoms with van der Waals surface area (Å²) in [6.07, 6.45) is 0. The molecule has 94 valence electrons. The topological polar surface area (TPSA) is 30.8 Å². The summed E-state index contributed by atoms with van der Waals surface area (Å²) in [5.41, 5.74) is 1.84. The number of hydrogen-bond acceptors (Lipinski definition) is 3. The molecular formula is C15H17NO2. The normalized spacial score (nSPS) is 11.8. The molecule has 0 bridgehead atoms. The summed E-state index contributed by atoms with van der Waals surface area (Å²) in [5.74, 6) is 0. The Morgan fingerprint density at radius 3 is 2.61 bits per heavy atom. The maximum Gasteiger partial charge on any atom is 0.114 e. The van der Waals surface area contributed by atoms with Crippen LogP contribution in [0.3, 0.4) is 0 Å². The van der Waals surface area contributed by atoms with Crippen LogP contribution in [-0.4, -0.2) is 26.0 Å². The summed E-state index contributed by atoms with van der Waals surface area (Å²) >= 11 is 0. The Labute approximate surface area is 107 Å². The number of nitrogens with zero attached hydrogens (tertiary/aromatic N) is 1. The molecular weight excluding hydrogens is 226 g/mol. The molecule has 0 atom stereocenters. The molecule has 3 heteroatoms. The monoisotopic (exact) mass is 243 g/mol. The van der Waals surface area contributed by atoms with Gasteiger partial charge in [-0.05, 0) is 23.8 Å². The molecule has 0 saturated heterocycles. The average molecular weight is 243 g/mol. The van der Waals surface area contributed by atoms with Gasteiger partial charge in [-0.15, -0.1) is 0 Å². The standard InChI is InChI=1S/C15H17NO2/c1-3-18-16-15(11-17-2)14-9-8-12-6-4-5-7-13(12)10-14/h4-10H,3,11H2,1-2H3. The molecule has 0 fully saturated rings. The lowest BCUT2D eigenvalue weighted by atomic mass is 10.0. The van der Waals surface area contributed by atoms with Gasteiger partial charge in [0.05, 0.1) is 6.61 Å². The number of fused-ring (bicyclic) bond motifs is 1. The molecule has 0 saturated carbocycles. The zero-order chi connectivity index (χ0) is 12.8. The number of hydrogen-bond donors (Lipinski definition) is 0. The van der Waals surface area contributed by atoms with Crippen molar-refractivity contribution in [1.29, 1.82) is 0 Å². The van der Waals surface area contributed by atoms with Crippen molar-refractivity contribution in [3.05, 3.63) is 48.0 Å². The zero-order valence-corrected chi connectivity index (χ0v) is 10.7. The Morgan fingerprint density at radius 2 is 1.89 bits per heavy atom. The van der Waals surface area contributed by atoms with Crippen molar-refractivity contribution >= 4 is 16.5 Å². The fourth-order valence-electron chi connectivity index (χ4n) is 1.81. The maximum atomic E-state index is 5.16. The van der Waals surface area contributed by atoms with Crippen LogP contribution in [-0.2, 0) is 9.57 Å². The minimum Gasteiger partial charge on any atom is -0.396 e. The molecule has 0 unspecified atom stereocenters. The van der Waals surface area contributed by atoms with Gasteiger partial charge in [0.1, 0.15) is 12.3 Å². The van der Waals surface area contributed by atoms with Crippen molar-refractivity contribution in [3.8, 4) is 0 Å². The van der Waals surface area contributed by atoms with Crippen molar-refractivity contribution in [1.82, 2.24) is 0 Å². The largest absolute Gasteiger partial charge is 0.396 e. The third kappa shape index (κ3) is 2.87. The molecule has 18 heavy (non-hydrogen) atoms. The van der Waals surface area contributed by atoms with E-state index in [9.17, 15) is 0 Å². The molecule has 3 nitrogen and oxygen atoms in total. The number of oxime groups is 1. The van der Waals surface area contributed by atoms with Gasteiger partial charge >= 0.3 is 0 Å². The highest BCUT2D eigenvalue weighted by Crippen LogP contribution is 2.16. The minimum absolute atomic E-state index is 0.443. The van der Waals surface area contributed by atoms with Crippen LogP contribution >= 0.6 is 0 Å². The van der Waals surface area contributed by atoms with E-state index in [1.165, 1.54) is 10.8 Å². The third-order valence-electron chi connectivity index (χ3n) is 2.67. The number of ether oxygens (including phenoxy) is 1. The molecule has 0 radical (unpaired) electrons. The summed E-state index contributed by atoms with van der Waals surface area (Å²) in [6.45, 7) is 2.91. The van der Waals surface area contributed by atoms with Crippen molar-refractivity contribution in [2.24, 2.45) is 5.16 Å². The first kappa shape index (κ1) is 12.6. The lowest BCUT2D eigenvalue weighted by molar-refractivity contribution is 0.154. The molecule has 0 aliphatic carbocycles. The van der Waals surface area contributed by atoms with Gasteiger partial charge in [-0.2, -0.15) is 0 Å². The number of benzene rings is 2. The lowest BCUT2D eigenvalue weighted by Gasteiger charge is -2.07. The van der Waals surface area contributed by atoms with Crippen LogP contribution in [0.1, 0.15) is 12.5 Å². The van der Waals surface area contributed by atoms with Crippen LogP contribution < -0.4 is 0 Å². The second-order valence-corrected chi connectivity index (χ2v) is 3.95. The Hall–Kier alpha value is -1.87. The average Bonchev–Trinajstić information content (AvgIpc) is 2.43. The Morgan fingerprint density at radius 1 is 1.11 bits per heavy atom. The Balaban J connectivity index is 2.38. The van der Waals surface area contributed by atoms with E-state index in [0.717, 1.165) is 11.3 Å². The van der Waals surface area contributed by atoms with Crippen LogP contribution in [0, 0.1) is 0 Å². The van der Waals surface area contributed by atoms with E-state index in [1.807, 2.05) is 25.1 Å². The smallest absolute Gasteiger partial charge is 0.114 e. The summed E-state index contributed by atoms with van der Waals surface area (Å²) in [5, 5.41) is 6.51. The molecule has 2 aromatic rings. The van der Waals surface area contributed by atoms with Gasteiger partial charge < -0.3 is 9.57 Å². The molecule has 2 aromatic carbocycles. The van der Waals surface area contributed by atoms with Gasteiger partial charge in [-0.3, -0.25) is 0 Å². The van der Waals surface area contributed by atoms with Crippen LogP contribution in [0.15, 0.2) is 47.6 Å². The summed E-state index contributed by atoms with van der Waals surface area (Å²) in [7, 11) is 1.66. The second kappa shape index (κ2) is 6.17. The third-order valence-corrected chi connectivity index (χ3v) is 2.67. The molecule has 0 N–H and O–H groups in total. The van der Waals surface area contributed by atoms with E-state index in [4.69, 9.17) is 9.57 Å². The van der Waals surface area contributed by atoms with Gasteiger partial charge in [0.15, 0.2) is 0 Å². The maximum absolute atomic E-state index is 5.16. The predicted octanol–water partition coefficient (Wildman–Crippen LogP) is 3.23. The molecule has 0 aliphatic heterocycles. The van der Waals surface area contributed by atoms with Crippen LogP contribution in [0.5, 0.6) is 0 Å². The molecule has 0 amide bonds. The lowest BCUT2D eigenvalue weighted by Crippen LogP contribution is -2.09. The van der Waals surface area contributed by atoms with Crippen molar-refractivity contribution in [2.75, 3.05) is 20.3 Å². The van der Waals surface area contributed by atoms with E-state index in [0.29, 0.717) is 13.2 Å². The molecule has 0 aliphatic rings. The first-order valence-electron chi connectivity index (χ1n) is 6.02. The number of methoxy groups -OCH3 is 1. The van der Waals surface area contributed by atoms with Crippen LogP contribution in [0.25, 0.3) is 10.8 Å². The number of rotatable bonds is 5. The molecule has 0 heterocycles. The molecule has 0 spiro atoms. The van der Waals surface area contributed by atoms with E-state index < -0.39 is 0 Å². The van der Waals surface area contributed by atoms with E-state index in [1.54, 1.807) is 7.11 Å². The van der Waals surface area contributed by atoms with Gasteiger partial charge in [-0.25, -0.2) is 0 Å². The summed E-state index contributed by atoms with van der Waals surface area (Å²) in [6, 6.07) is 14.5. The SMILES string of the molecule is CCON=C(COC)c1ccc2ccccc2c1. The second-order valence-electron chi connectivity index (χ2n) is 3.95. The van der Waals surface area contributed by atoms with E-state index in [-0.39, 0.29) is 0 Å². The first-order chi connectivity index (χ1) is 8.85. The zero-order valence-electron chi connectivity index (χ0n) is 10.7. The highest BCUT2D eigenvalue weighted by Gasteiger charge is 2.05. The van der Waals surface area contributed by atoms with Crippen LogP contribution in [0.4, 0.5) is 0 Å².